The summed E-state index contributed by atoms with van der Waals surface area (Å²) in [5, 5.41) is 2.32. The zero-order chi connectivity index (χ0) is 21.7. The third kappa shape index (κ3) is 3.50. The molecule has 0 radical (unpaired) electrons. The van der Waals surface area contributed by atoms with Gasteiger partial charge in [0.15, 0.2) is 0 Å². The van der Waals surface area contributed by atoms with Crippen molar-refractivity contribution in [2.45, 2.75) is 56.9 Å². The molecule has 31 heavy (non-hydrogen) atoms. The number of nitrogens with one attached hydrogen (secondary N) is 1. The average Bonchev–Trinajstić information content (AvgIpc) is 2.96. The molecular weight excluding hydrogens is 399 g/mol. The van der Waals surface area contributed by atoms with Gasteiger partial charge in [0.05, 0.1) is 11.0 Å². The largest absolute Gasteiger partial charge is 0.329 e. The van der Waals surface area contributed by atoms with Gasteiger partial charge in [0.2, 0.25) is 11.8 Å². The lowest BCUT2D eigenvalue weighted by Gasteiger charge is -2.37. The van der Waals surface area contributed by atoms with Crippen LogP contribution in [0.1, 0.15) is 62.5 Å². The molecule has 1 aliphatic carbocycles. The third-order valence-corrected chi connectivity index (χ3v) is 7.49. The number of likely N-dealkylation sites (tertiary alicyclic amines) is 1. The maximum absolute atomic E-state index is 15.1. The highest BCUT2D eigenvalue weighted by molar-refractivity contribution is 6.00. The predicted octanol–water partition coefficient (Wildman–Crippen LogP) is 2.44. The van der Waals surface area contributed by atoms with Gasteiger partial charge in [-0.1, -0.05) is 6.42 Å². The SMILES string of the molecule is Cn1c(=O)n(C2CCC(=O)NC2=O)c2ccc(F)c(C3CCN(CC4CCC4)CC3)c21. The van der Waals surface area contributed by atoms with Crippen LogP contribution < -0.4 is 11.0 Å². The molecule has 1 saturated carbocycles. The molecule has 3 heterocycles. The highest BCUT2D eigenvalue weighted by Gasteiger charge is 2.34. The van der Waals surface area contributed by atoms with Crippen LogP contribution in [0.2, 0.25) is 0 Å². The van der Waals surface area contributed by atoms with Crippen LogP contribution >= 0.6 is 0 Å². The van der Waals surface area contributed by atoms with Gasteiger partial charge < -0.3 is 4.90 Å². The van der Waals surface area contributed by atoms with E-state index in [9.17, 15) is 14.4 Å². The van der Waals surface area contributed by atoms with E-state index < -0.39 is 11.9 Å². The monoisotopic (exact) mass is 428 g/mol. The zero-order valence-corrected chi connectivity index (χ0v) is 17.9. The van der Waals surface area contributed by atoms with E-state index in [1.807, 2.05) is 0 Å². The van der Waals surface area contributed by atoms with Crippen LogP contribution in [0.4, 0.5) is 4.39 Å². The molecule has 166 valence electrons. The Kier molecular flexibility index (Phi) is 5.20. The number of benzene rings is 1. The first-order valence-electron chi connectivity index (χ1n) is 11.4. The van der Waals surface area contributed by atoms with Gasteiger partial charge in [-0.15, -0.1) is 0 Å². The van der Waals surface area contributed by atoms with Gasteiger partial charge in [0.1, 0.15) is 11.9 Å². The molecule has 1 unspecified atom stereocenters. The molecule has 0 bridgehead atoms. The van der Waals surface area contributed by atoms with Crippen molar-refractivity contribution in [1.29, 1.82) is 0 Å². The summed E-state index contributed by atoms with van der Waals surface area (Å²) in [5.74, 6) is -0.221. The minimum atomic E-state index is -0.753. The number of amides is 2. The molecule has 1 aromatic heterocycles. The van der Waals surface area contributed by atoms with E-state index in [2.05, 4.69) is 10.2 Å². The standard InChI is InChI=1S/C23H29FN4O3/c1-26-21-17(28(23(26)31)18-7-8-19(29)25-22(18)30)6-5-16(24)20(21)15-9-11-27(12-10-15)13-14-3-2-4-14/h5-6,14-15,18H,2-4,7-13H2,1H3,(H,25,29,30). The van der Waals surface area contributed by atoms with Crippen LogP contribution in [0.5, 0.6) is 0 Å². The van der Waals surface area contributed by atoms with E-state index in [-0.39, 0.29) is 36.2 Å². The fourth-order valence-corrected chi connectivity index (χ4v) is 5.54. The van der Waals surface area contributed by atoms with Crippen LogP contribution in [0.25, 0.3) is 11.0 Å². The number of carbonyl (C=O) groups excluding carboxylic acids is 2. The van der Waals surface area contributed by atoms with Crippen molar-refractivity contribution >= 4 is 22.8 Å². The van der Waals surface area contributed by atoms with Crippen molar-refractivity contribution in [3.8, 4) is 0 Å². The number of carbonyl (C=O) groups is 2. The second-order valence-electron chi connectivity index (χ2n) is 9.38. The summed E-state index contributed by atoms with van der Waals surface area (Å²) < 4.78 is 18.0. The average molecular weight is 429 g/mol. The van der Waals surface area contributed by atoms with Crippen LogP contribution in [-0.2, 0) is 16.6 Å². The molecule has 0 spiro atoms. The first kappa shape index (κ1) is 20.4. The lowest BCUT2D eigenvalue weighted by Crippen LogP contribution is -2.44. The number of hydrogen-bond acceptors (Lipinski definition) is 4. The number of aryl methyl sites for hydroxylation is 1. The van der Waals surface area contributed by atoms with E-state index >= 15 is 4.39 Å². The number of aromatic nitrogens is 2. The summed E-state index contributed by atoms with van der Waals surface area (Å²) in [6, 6.07) is 2.25. The van der Waals surface area contributed by atoms with Crippen molar-refractivity contribution in [1.82, 2.24) is 19.4 Å². The smallest absolute Gasteiger partial charge is 0.303 e. The number of hydrogen-bond donors (Lipinski definition) is 1. The van der Waals surface area contributed by atoms with Crippen molar-refractivity contribution in [2.75, 3.05) is 19.6 Å². The van der Waals surface area contributed by atoms with Gasteiger partial charge in [-0.2, -0.15) is 0 Å². The summed E-state index contributed by atoms with van der Waals surface area (Å²) in [6.45, 7) is 3.03. The number of piperidine rings is 2. The maximum atomic E-state index is 15.1. The van der Waals surface area contributed by atoms with Crippen LogP contribution in [0.3, 0.4) is 0 Å². The van der Waals surface area contributed by atoms with E-state index in [4.69, 9.17) is 0 Å². The van der Waals surface area contributed by atoms with Gasteiger partial charge in [0, 0.05) is 25.6 Å². The minimum absolute atomic E-state index is 0.0459. The normalized spacial score (nSPS) is 23.9. The molecular formula is C23H29FN4O3. The molecule has 2 saturated heterocycles. The Labute approximate surface area is 180 Å². The van der Waals surface area contributed by atoms with E-state index in [1.54, 1.807) is 13.1 Å². The van der Waals surface area contributed by atoms with Crippen LogP contribution in [0, 0.1) is 11.7 Å². The highest BCUT2D eigenvalue weighted by atomic mass is 19.1. The summed E-state index contributed by atoms with van der Waals surface area (Å²) in [4.78, 5) is 39.6. The molecule has 7 nitrogen and oxygen atoms in total. The third-order valence-electron chi connectivity index (χ3n) is 7.49. The van der Waals surface area contributed by atoms with Gasteiger partial charge in [-0.3, -0.25) is 24.0 Å². The second-order valence-corrected chi connectivity index (χ2v) is 9.38. The molecule has 1 aromatic carbocycles. The molecule has 3 fully saturated rings. The van der Waals surface area contributed by atoms with Gasteiger partial charge >= 0.3 is 5.69 Å². The Morgan fingerprint density at radius 1 is 1.06 bits per heavy atom. The Balaban J connectivity index is 1.48. The fourth-order valence-electron chi connectivity index (χ4n) is 5.54. The molecule has 5 rings (SSSR count). The summed E-state index contributed by atoms with van der Waals surface area (Å²) in [7, 11) is 1.64. The van der Waals surface area contributed by atoms with E-state index in [0.717, 1.165) is 38.4 Å². The number of halogens is 1. The first-order valence-corrected chi connectivity index (χ1v) is 11.4. The molecule has 2 amide bonds. The van der Waals surface area contributed by atoms with E-state index in [1.165, 1.54) is 34.5 Å². The van der Waals surface area contributed by atoms with Crippen molar-refractivity contribution < 1.29 is 14.0 Å². The Morgan fingerprint density at radius 2 is 1.81 bits per heavy atom. The molecule has 1 atom stereocenters. The number of nitrogens with zero attached hydrogens (tertiary/aromatic N) is 3. The zero-order valence-electron chi connectivity index (χ0n) is 17.9. The topological polar surface area (TPSA) is 76.3 Å². The quantitative estimate of drug-likeness (QED) is 0.759. The fraction of sp³-hybridized carbons (Fsp3) is 0.609. The van der Waals surface area contributed by atoms with Gasteiger partial charge in [-0.05, 0) is 69.2 Å². The molecule has 8 heteroatoms. The molecule has 2 aromatic rings. The Bertz CT molecular complexity index is 1090. The Morgan fingerprint density at radius 3 is 2.45 bits per heavy atom. The number of imidazole rings is 1. The maximum Gasteiger partial charge on any atom is 0.329 e. The first-order chi connectivity index (χ1) is 14.9. The van der Waals surface area contributed by atoms with Crippen LogP contribution in [-0.4, -0.2) is 45.5 Å². The van der Waals surface area contributed by atoms with E-state index in [0.29, 0.717) is 16.6 Å². The van der Waals surface area contributed by atoms with Crippen molar-refractivity contribution in [3.63, 3.8) is 0 Å². The van der Waals surface area contributed by atoms with Gasteiger partial charge in [0.25, 0.3) is 0 Å². The lowest BCUT2D eigenvalue weighted by molar-refractivity contribution is -0.135. The Hall–Kier alpha value is -2.48. The predicted molar refractivity (Wildman–Crippen MR) is 114 cm³/mol. The number of rotatable bonds is 4. The number of fused-ring (bicyclic) bond motifs is 1. The molecule has 2 aliphatic heterocycles. The summed E-state index contributed by atoms with van der Waals surface area (Å²) >= 11 is 0. The highest BCUT2D eigenvalue weighted by Crippen LogP contribution is 2.37. The van der Waals surface area contributed by atoms with Crippen LogP contribution in [0.15, 0.2) is 16.9 Å². The molecule has 1 N–H and O–H groups in total. The summed E-state index contributed by atoms with van der Waals surface area (Å²) in [6.07, 6.45) is 6.17. The summed E-state index contributed by atoms with van der Waals surface area (Å²) in [5.41, 5.74) is 1.38. The van der Waals surface area contributed by atoms with Crippen molar-refractivity contribution in [2.24, 2.45) is 13.0 Å². The lowest BCUT2D eigenvalue weighted by atomic mass is 9.83. The van der Waals surface area contributed by atoms with Gasteiger partial charge in [-0.25, -0.2) is 9.18 Å². The number of imide groups is 1. The molecule has 3 aliphatic rings. The minimum Gasteiger partial charge on any atom is -0.303 e. The second kappa shape index (κ2) is 7.89. The van der Waals surface area contributed by atoms with Crippen molar-refractivity contribution in [3.05, 3.63) is 34.0 Å².